The molecule has 0 bridgehead atoms. The highest BCUT2D eigenvalue weighted by Crippen LogP contribution is 2.44. The summed E-state index contributed by atoms with van der Waals surface area (Å²) in [6, 6.07) is 57.2. The van der Waals surface area contributed by atoms with E-state index in [1.54, 1.807) is 253 Å². The summed E-state index contributed by atoms with van der Waals surface area (Å²) in [5, 5.41) is 11.4. The minimum atomic E-state index is -0.0317. The van der Waals surface area contributed by atoms with Crippen LogP contribution in [0.4, 0.5) is 0 Å². The number of phenols is 1. The van der Waals surface area contributed by atoms with Crippen molar-refractivity contribution in [2.75, 3.05) is 192 Å². The van der Waals surface area contributed by atoms with Gasteiger partial charge in [0, 0.05) is 42.5 Å². The van der Waals surface area contributed by atoms with Gasteiger partial charge in [0.1, 0.15) is 125 Å². The second-order valence-electron chi connectivity index (χ2n) is 26.8. The van der Waals surface area contributed by atoms with E-state index in [1.807, 2.05) is 112 Å². The standard InChI is InChI=1S/C10H14O4.C10H12O3.C10H14O2.C9H12O3.C9H12O2.C8H8Br2O2.C8H9BrO2.2C8H8Cl2O2.C8H9ClO2.C8H10O3.C8H10O2/c1-11-7-5-8(12-2)10(14-4)9(6-7)13-3;1-7(11)9-6-8(12-2)4-5-10(9)13-3;1-7-5-9(11-3)6-8(2)10(7)12-4;1-10-7-4-5-8(11-2)9(6-7)12-3;1-7-6-8(10-2)4-5-9(7)11-3;1-11-5-3-6(9)8(12-2)7(10)4-5;1-10-6-3-4-8(11-2)7(9)5-6;1-11-5-3-6(9)8(12-2)7(10)4-5;1-11-5-3-4-6(12-2)8(10)7(5)9;2*1-10-6-3-4-8(11-2)7(9)5-6;1-9-7-3-5-8(10-2)6-4-7/h5-6H,1-4H3;4-6H,1-3H3;5-6H,1-4H3;4-6H,1-3H3;4-6H,1-3H3;3-4H,1-2H3;3-5H,1-2H3;2*3-4H,1-2H3;3-5H,1-2H3;3-5,9H,1-2H3;3-6H,1-2H3. The van der Waals surface area contributed by atoms with E-state index in [9.17, 15) is 9.90 Å². The highest BCUT2D eigenvalue weighted by molar-refractivity contribution is 9.11. The van der Waals surface area contributed by atoms with Crippen LogP contribution in [0, 0.1) is 20.8 Å². The zero-order valence-corrected chi connectivity index (χ0v) is 93.4. The summed E-state index contributed by atoms with van der Waals surface area (Å²) in [6.07, 6.45) is 0. The fourth-order valence-corrected chi connectivity index (χ4v) is 14.4. The fourth-order valence-electron chi connectivity index (χ4n) is 11.1. The molecule has 0 aromatic heterocycles. The lowest BCUT2D eigenvalue weighted by Gasteiger charge is -2.13. The van der Waals surface area contributed by atoms with Crippen LogP contribution in [0.2, 0.25) is 25.1 Å². The highest BCUT2D eigenvalue weighted by Gasteiger charge is 2.17. The average molecular weight is 2260 g/mol. The molecule has 0 aliphatic carbocycles. The number of carbonyl (C=O) groups excluding carboxylic acids is 1. The maximum Gasteiger partial charge on any atom is 0.203 e. The Labute approximate surface area is 878 Å². The molecule has 12 rings (SSSR count). The Balaban J connectivity index is 0.000000770. The van der Waals surface area contributed by atoms with Crippen LogP contribution in [0.25, 0.3) is 0 Å². The van der Waals surface area contributed by atoms with E-state index in [-0.39, 0.29) is 11.5 Å². The second-order valence-corrected chi connectivity index (χ2v) is 31.3. The largest absolute Gasteiger partial charge is 0.504 e. The number of hydrogen-bond donors (Lipinski definition) is 1. The van der Waals surface area contributed by atoms with E-state index in [1.165, 1.54) is 48.5 Å². The van der Waals surface area contributed by atoms with Crippen LogP contribution < -0.4 is 128 Å². The molecule has 0 aliphatic heterocycles. The van der Waals surface area contributed by atoms with Gasteiger partial charge in [0.2, 0.25) is 5.75 Å². The van der Waals surface area contributed by atoms with Crippen molar-refractivity contribution in [1.29, 1.82) is 0 Å². The molecule has 0 radical (unpaired) electrons. The van der Waals surface area contributed by atoms with Crippen molar-refractivity contribution >= 4 is 112 Å². The number of Topliss-reactive ketones (excluding diaryl/α,β-unsaturated/α-hetero) is 1. The Hall–Kier alpha value is -12.4. The van der Waals surface area contributed by atoms with E-state index in [0.29, 0.717) is 117 Å². The third kappa shape index (κ3) is 43.7. The number of rotatable bonds is 28. The van der Waals surface area contributed by atoms with Gasteiger partial charge < -0.3 is 133 Å². The Kier molecular flexibility index (Phi) is 63.8. The predicted octanol–water partition coefficient (Wildman–Crippen LogP) is 26.9. The van der Waals surface area contributed by atoms with Crippen LogP contribution >= 0.6 is 106 Å². The number of benzene rings is 12. The van der Waals surface area contributed by atoms with E-state index in [4.69, 9.17) is 186 Å². The number of methoxy groups -OCH3 is 27. The molecule has 12 aromatic carbocycles. The molecule has 12 aromatic rings. The maximum atomic E-state index is 11.2. The third-order valence-electron chi connectivity index (χ3n) is 18.4. The molecule has 141 heavy (non-hydrogen) atoms. The van der Waals surface area contributed by atoms with Crippen molar-refractivity contribution in [2.45, 2.75) is 27.7 Å². The quantitative estimate of drug-likeness (QED) is 0.0446. The van der Waals surface area contributed by atoms with Crippen LogP contribution in [0.3, 0.4) is 0 Å². The minimum Gasteiger partial charge on any atom is -0.504 e. The lowest BCUT2D eigenvalue weighted by molar-refractivity contribution is 0.101. The third-order valence-corrected chi connectivity index (χ3v) is 21.9. The Morgan fingerprint density at radius 3 is 0.809 bits per heavy atom. The molecule has 29 nitrogen and oxygen atoms in total. The Morgan fingerprint density at radius 1 is 0.206 bits per heavy atom. The molecule has 1 N–H and O–H groups in total. The number of aromatic hydroxyl groups is 1. The number of ether oxygens (including phenoxy) is 27. The number of halogens is 8. The van der Waals surface area contributed by atoms with Crippen LogP contribution in [0.15, 0.2) is 208 Å². The number of ketones is 1. The van der Waals surface area contributed by atoms with Crippen molar-refractivity contribution < 1.29 is 138 Å². The van der Waals surface area contributed by atoms with E-state index in [2.05, 4.69) is 47.8 Å². The first-order valence-corrected chi connectivity index (χ1v) is 45.5. The van der Waals surface area contributed by atoms with Crippen LogP contribution in [-0.4, -0.2) is 203 Å². The van der Waals surface area contributed by atoms with Crippen molar-refractivity contribution in [2.24, 2.45) is 0 Å². The lowest BCUT2D eigenvalue weighted by Crippen LogP contribution is -1.98. The first-order chi connectivity index (χ1) is 67.5. The summed E-state index contributed by atoms with van der Waals surface area (Å²) in [4.78, 5) is 11.2. The first kappa shape index (κ1) is 127. The van der Waals surface area contributed by atoms with Gasteiger partial charge in [-0.2, -0.15) is 0 Å². The molecule has 0 unspecified atom stereocenters. The van der Waals surface area contributed by atoms with Gasteiger partial charge in [-0.05, 0) is 244 Å². The molecule has 772 valence electrons. The normalized spacial score (nSPS) is 9.44. The smallest absolute Gasteiger partial charge is 0.203 e. The van der Waals surface area contributed by atoms with E-state index >= 15 is 0 Å². The van der Waals surface area contributed by atoms with Gasteiger partial charge in [-0.25, -0.2) is 0 Å². The average Bonchev–Trinajstić information content (AvgIpc) is 0.853. The zero-order chi connectivity index (χ0) is 106. The van der Waals surface area contributed by atoms with Gasteiger partial charge in [-0.3, -0.25) is 4.79 Å². The second kappa shape index (κ2) is 71.1. The topological polar surface area (TPSA) is 287 Å². The molecule has 0 atom stereocenters. The van der Waals surface area contributed by atoms with Crippen molar-refractivity contribution in [3.05, 3.63) is 255 Å². The monoisotopic (exact) mass is 2250 g/mol. The van der Waals surface area contributed by atoms with Crippen molar-refractivity contribution in [1.82, 2.24) is 0 Å². The molecular formula is C104H126Br3Cl5O29. The first-order valence-electron chi connectivity index (χ1n) is 41.3. The molecule has 0 aliphatic rings. The van der Waals surface area contributed by atoms with Crippen molar-refractivity contribution in [3.63, 3.8) is 0 Å². The van der Waals surface area contributed by atoms with Gasteiger partial charge in [-0.15, -0.1) is 0 Å². The SMILES string of the molecule is COc1cc(Br)c(OC)c(Br)c1.COc1cc(C)c(OC)c(C)c1.COc1cc(Cl)c(OC)c(Cl)c1.COc1cc(OC)c(OC)c(OC)c1.COc1ccc(OC)c(Br)c1.COc1ccc(OC)c(C(C)=O)c1.COc1ccc(OC)c(C)c1.COc1ccc(OC)c(Cl)c1.COc1ccc(OC)c(Cl)c1Cl.COc1ccc(OC)c(O)c1.COc1ccc(OC)c(OC)c1.COc1ccc(OC)cc1. The maximum absolute atomic E-state index is 11.2. The Morgan fingerprint density at radius 2 is 0.468 bits per heavy atom. The van der Waals surface area contributed by atoms with Crippen molar-refractivity contribution in [3.8, 4) is 161 Å². The van der Waals surface area contributed by atoms with Gasteiger partial charge in [-0.1, -0.05) is 58.0 Å². The van der Waals surface area contributed by atoms with E-state index < -0.39 is 0 Å². The lowest BCUT2D eigenvalue weighted by atomic mass is 10.1. The molecule has 0 heterocycles. The predicted molar refractivity (Wildman–Crippen MR) is 568 cm³/mol. The molecule has 0 amide bonds. The molecule has 0 spiro atoms. The molecule has 0 fully saturated rings. The van der Waals surface area contributed by atoms with Gasteiger partial charge in [0.25, 0.3) is 0 Å². The van der Waals surface area contributed by atoms with Crippen LogP contribution in [-0.2, 0) is 0 Å². The van der Waals surface area contributed by atoms with E-state index in [0.717, 1.165) is 99.1 Å². The van der Waals surface area contributed by atoms with Gasteiger partial charge >= 0.3 is 0 Å². The summed E-state index contributed by atoms with van der Waals surface area (Å²) >= 11 is 39.2. The zero-order valence-electron chi connectivity index (χ0n) is 84.9. The summed E-state index contributed by atoms with van der Waals surface area (Å²) in [6.45, 7) is 7.50. The number of carbonyl (C=O) groups is 1. The molecular weight excluding hydrogens is 2130 g/mol. The number of aryl methyl sites for hydroxylation is 3. The van der Waals surface area contributed by atoms with Gasteiger partial charge in [0.05, 0.1) is 226 Å². The number of hydrogen-bond acceptors (Lipinski definition) is 29. The minimum absolute atomic E-state index is 0.0317. The molecule has 0 saturated carbocycles. The highest BCUT2D eigenvalue weighted by atomic mass is 79.9. The summed E-state index contributed by atoms with van der Waals surface area (Å²) < 4.78 is 138. The molecule has 37 heteroatoms. The van der Waals surface area contributed by atoms with Gasteiger partial charge in [0.15, 0.2) is 46.0 Å². The summed E-state index contributed by atoms with van der Waals surface area (Å²) in [5.74, 6) is 18.9. The van der Waals surface area contributed by atoms with Crippen LogP contribution in [0.1, 0.15) is 34.0 Å². The summed E-state index contributed by atoms with van der Waals surface area (Å²) in [5.41, 5.74) is 3.84. The molecule has 0 saturated heterocycles. The Bertz CT molecular complexity index is 5170. The summed E-state index contributed by atoms with van der Waals surface area (Å²) in [7, 11) is 43.0. The van der Waals surface area contributed by atoms with Crippen LogP contribution in [0.5, 0.6) is 161 Å². The fraction of sp³-hybridized carbons (Fsp3) is 0.298. The number of phenolic OH excluding ortho intramolecular Hbond substituents is 1.